The second-order valence-corrected chi connectivity index (χ2v) is 8.95. The van der Waals surface area contributed by atoms with Gasteiger partial charge < -0.3 is 4.74 Å². The van der Waals surface area contributed by atoms with Gasteiger partial charge in [0.05, 0.1) is 5.75 Å². The van der Waals surface area contributed by atoms with E-state index in [1.54, 1.807) is 12.2 Å². The molecule has 0 aromatic carbocycles. The van der Waals surface area contributed by atoms with Crippen molar-refractivity contribution in [2.24, 2.45) is 0 Å². The van der Waals surface area contributed by atoms with Crippen LogP contribution >= 0.6 is 0 Å². The molecule has 0 aliphatic heterocycles. The number of rotatable bonds is 11. The van der Waals surface area contributed by atoms with Crippen molar-refractivity contribution in [3.63, 3.8) is 0 Å². The number of allylic oxidation sites excluding steroid dienone is 8. The fourth-order valence-corrected chi connectivity index (χ4v) is 4.26. The molecule has 0 saturated carbocycles. The third-order valence-electron chi connectivity index (χ3n) is 4.26. The van der Waals surface area contributed by atoms with Gasteiger partial charge in [-0.2, -0.15) is 0 Å². The van der Waals surface area contributed by atoms with Crippen LogP contribution in [-0.2, 0) is 19.4 Å². The van der Waals surface area contributed by atoms with Crippen LogP contribution in [0.15, 0.2) is 58.6 Å². The van der Waals surface area contributed by atoms with Gasteiger partial charge in [-0.15, -0.1) is 0 Å². The standard InChI is InChI=1S/C22H32O4S/c1-19(16-17-26-21(3)23)12-8-4-5-9-13-20(2)18-27(24,25)22-14-10-6-7-11-15-22/h6-7,10-11,13-14,16H,4-5,8-9,12,15,17-18H2,1-3H3/b19-16+,20-13+. The van der Waals surface area contributed by atoms with Gasteiger partial charge in [0.1, 0.15) is 6.61 Å². The molecule has 0 atom stereocenters. The maximum Gasteiger partial charge on any atom is 0.302 e. The van der Waals surface area contributed by atoms with E-state index in [-0.39, 0.29) is 11.7 Å². The molecule has 1 rings (SSSR count). The van der Waals surface area contributed by atoms with Crippen LogP contribution in [0.1, 0.15) is 59.3 Å². The molecule has 0 amide bonds. The minimum Gasteiger partial charge on any atom is -0.462 e. The zero-order valence-corrected chi connectivity index (χ0v) is 17.6. The zero-order valence-electron chi connectivity index (χ0n) is 16.7. The highest BCUT2D eigenvalue weighted by Crippen LogP contribution is 2.18. The Morgan fingerprint density at radius 3 is 2.56 bits per heavy atom. The van der Waals surface area contributed by atoms with E-state index in [4.69, 9.17) is 4.74 Å². The molecule has 27 heavy (non-hydrogen) atoms. The first-order valence-electron chi connectivity index (χ1n) is 9.51. The Kier molecular flexibility index (Phi) is 10.7. The molecular weight excluding hydrogens is 360 g/mol. The van der Waals surface area contributed by atoms with E-state index < -0.39 is 9.84 Å². The minimum absolute atomic E-state index is 0.0957. The van der Waals surface area contributed by atoms with Crippen LogP contribution in [0.2, 0.25) is 0 Å². The van der Waals surface area contributed by atoms with Crippen molar-refractivity contribution in [3.05, 3.63) is 58.6 Å². The molecule has 0 radical (unpaired) electrons. The predicted octanol–water partition coefficient (Wildman–Crippen LogP) is 5.21. The van der Waals surface area contributed by atoms with Crippen molar-refractivity contribution in [3.8, 4) is 0 Å². The van der Waals surface area contributed by atoms with E-state index >= 15 is 0 Å². The van der Waals surface area contributed by atoms with Crippen LogP contribution < -0.4 is 0 Å². The largest absolute Gasteiger partial charge is 0.462 e. The third-order valence-corrected chi connectivity index (χ3v) is 6.20. The lowest BCUT2D eigenvalue weighted by atomic mass is 10.1. The van der Waals surface area contributed by atoms with Crippen molar-refractivity contribution < 1.29 is 17.9 Å². The van der Waals surface area contributed by atoms with E-state index in [2.05, 4.69) is 0 Å². The molecule has 4 nitrogen and oxygen atoms in total. The molecule has 1 aliphatic carbocycles. The maximum atomic E-state index is 12.5. The molecule has 0 N–H and O–H groups in total. The van der Waals surface area contributed by atoms with Crippen LogP contribution in [0.25, 0.3) is 0 Å². The number of carbonyl (C=O) groups is 1. The molecule has 0 heterocycles. The SMILES string of the molecule is CC(=O)OC/C=C(\C)CCCCC/C=C(\C)CS(=O)(=O)C1=CC=CC=CC1. The number of ether oxygens (including phenoxy) is 1. The minimum atomic E-state index is -3.23. The van der Waals surface area contributed by atoms with E-state index in [1.165, 1.54) is 12.5 Å². The quantitative estimate of drug-likeness (QED) is 0.275. The van der Waals surface area contributed by atoms with E-state index in [0.717, 1.165) is 37.7 Å². The highest BCUT2D eigenvalue weighted by Gasteiger charge is 2.17. The summed E-state index contributed by atoms with van der Waals surface area (Å²) in [5.74, 6) is -0.162. The first-order valence-corrected chi connectivity index (χ1v) is 11.2. The number of unbranched alkanes of at least 4 members (excludes halogenated alkanes) is 3. The average Bonchev–Trinajstić information content (AvgIpc) is 2.87. The molecule has 0 aromatic rings. The van der Waals surface area contributed by atoms with Gasteiger partial charge in [0.15, 0.2) is 9.84 Å². The van der Waals surface area contributed by atoms with E-state index in [0.29, 0.717) is 17.9 Å². The Morgan fingerprint density at radius 2 is 1.81 bits per heavy atom. The summed E-state index contributed by atoms with van der Waals surface area (Å²) in [5, 5.41) is 0. The Hall–Kier alpha value is -1.88. The topological polar surface area (TPSA) is 60.4 Å². The Morgan fingerprint density at radius 1 is 1.04 bits per heavy atom. The summed E-state index contributed by atoms with van der Waals surface area (Å²) < 4.78 is 29.8. The number of sulfone groups is 1. The van der Waals surface area contributed by atoms with E-state index in [1.807, 2.05) is 44.2 Å². The summed E-state index contributed by atoms with van der Waals surface area (Å²) in [4.78, 5) is 11.2. The van der Waals surface area contributed by atoms with Gasteiger partial charge in [0.2, 0.25) is 0 Å². The molecule has 1 aliphatic rings. The molecule has 0 fully saturated rings. The van der Waals surface area contributed by atoms with Crippen molar-refractivity contribution in [1.82, 2.24) is 0 Å². The molecule has 0 spiro atoms. The molecule has 0 aromatic heterocycles. The van der Waals surface area contributed by atoms with Crippen LogP contribution in [0.3, 0.4) is 0 Å². The first kappa shape index (κ1) is 23.2. The summed E-state index contributed by atoms with van der Waals surface area (Å²) in [7, 11) is -3.23. The molecule has 0 unspecified atom stereocenters. The third kappa shape index (κ3) is 10.8. The summed E-state index contributed by atoms with van der Waals surface area (Å²) in [6, 6.07) is 0. The van der Waals surface area contributed by atoms with Gasteiger partial charge in [-0.05, 0) is 51.7 Å². The molecule has 150 valence electrons. The van der Waals surface area contributed by atoms with Gasteiger partial charge in [0.25, 0.3) is 0 Å². The predicted molar refractivity (Wildman–Crippen MR) is 112 cm³/mol. The molecular formula is C22H32O4S. The molecule has 5 heteroatoms. The maximum absolute atomic E-state index is 12.5. The highest BCUT2D eigenvalue weighted by molar-refractivity contribution is 7.95. The van der Waals surface area contributed by atoms with Crippen LogP contribution in [0, 0.1) is 0 Å². The van der Waals surface area contributed by atoms with Crippen LogP contribution in [-0.4, -0.2) is 26.7 Å². The normalized spacial score (nSPS) is 15.4. The van der Waals surface area contributed by atoms with Crippen LogP contribution in [0.5, 0.6) is 0 Å². The van der Waals surface area contributed by atoms with Crippen molar-refractivity contribution in [2.75, 3.05) is 12.4 Å². The number of carbonyl (C=O) groups excluding carboxylic acids is 1. The summed E-state index contributed by atoms with van der Waals surface area (Å²) in [6.07, 6.45) is 18.6. The number of hydrogen-bond donors (Lipinski definition) is 0. The van der Waals surface area contributed by atoms with Gasteiger partial charge in [-0.1, -0.05) is 47.9 Å². The zero-order chi connectivity index (χ0) is 20.1. The Labute approximate surface area is 164 Å². The lowest BCUT2D eigenvalue weighted by molar-refractivity contribution is -0.139. The van der Waals surface area contributed by atoms with Gasteiger partial charge in [-0.3, -0.25) is 4.79 Å². The van der Waals surface area contributed by atoms with Gasteiger partial charge >= 0.3 is 5.97 Å². The number of hydrogen-bond acceptors (Lipinski definition) is 4. The summed E-state index contributed by atoms with van der Waals surface area (Å²) in [5.41, 5.74) is 2.14. The lowest BCUT2D eigenvalue weighted by Crippen LogP contribution is -2.10. The Bertz CT molecular complexity index is 734. The van der Waals surface area contributed by atoms with Crippen LogP contribution in [0.4, 0.5) is 0 Å². The molecule has 0 bridgehead atoms. The molecule has 0 saturated heterocycles. The van der Waals surface area contributed by atoms with Crippen molar-refractivity contribution >= 4 is 15.8 Å². The fourth-order valence-electron chi connectivity index (χ4n) is 2.72. The second kappa shape index (κ2) is 12.5. The monoisotopic (exact) mass is 392 g/mol. The van der Waals surface area contributed by atoms with Crippen molar-refractivity contribution in [2.45, 2.75) is 59.3 Å². The van der Waals surface area contributed by atoms with Gasteiger partial charge in [0, 0.05) is 18.2 Å². The van der Waals surface area contributed by atoms with Crippen molar-refractivity contribution in [1.29, 1.82) is 0 Å². The highest BCUT2D eigenvalue weighted by atomic mass is 32.2. The summed E-state index contributed by atoms with van der Waals surface area (Å²) >= 11 is 0. The fraction of sp³-hybridized carbons (Fsp3) is 0.500. The summed E-state index contributed by atoms with van der Waals surface area (Å²) in [6.45, 7) is 5.69. The first-order chi connectivity index (χ1) is 12.8. The van der Waals surface area contributed by atoms with E-state index in [9.17, 15) is 13.2 Å². The lowest BCUT2D eigenvalue weighted by Gasteiger charge is -2.07. The van der Waals surface area contributed by atoms with Gasteiger partial charge in [-0.25, -0.2) is 8.42 Å². The smallest absolute Gasteiger partial charge is 0.302 e. The second-order valence-electron chi connectivity index (χ2n) is 6.91. The average molecular weight is 393 g/mol. The Balaban J connectivity index is 2.29. The number of esters is 1.